The molecule has 2 aromatic carbocycles. The predicted octanol–water partition coefficient (Wildman–Crippen LogP) is 5.26. The van der Waals surface area contributed by atoms with Gasteiger partial charge >= 0.3 is 0 Å². The average Bonchev–Trinajstić information content (AvgIpc) is 3.38. The van der Waals surface area contributed by atoms with Gasteiger partial charge in [0.2, 0.25) is 0 Å². The lowest BCUT2D eigenvalue weighted by Crippen LogP contribution is -2.34. The van der Waals surface area contributed by atoms with E-state index in [0.717, 1.165) is 71.4 Å². The standard InChI is InChI=1S/C25H28N4O2S/c1-2-11-30-21-5-3-4-19(14-21)29-17-27-16-18-13-22(25-28-10-12-32-25)24(15-23(18)29)31-20-6-8-26-9-7-20/h3-5,10,12-16,20,26H,2,6-9,11,17H2,1H3. The summed E-state index contributed by atoms with van der Waals surface area (Å²) in [6, 6.07) is 12.6. The van der Waals surface area contributed by atoms with Crippen LogP contribution in [0.2, 0.25) is 0 Å². The molecule has 0 unspecified atom stereocenters. The Morgan fingerprint density at radius 1 is 1.19 bits per heavy atom. The summed E-state index contributed by atoms with van der Waals surface area (Å²) in [7, 11) is 0. The Morgan fingerprint density at radius 3 is 2.91 bits per heavy atom. The second-order valence-electron chi connectivity index (χ2n) is 8.04. The van der Waals surface area contributed by atoms with Gasteiger partial charge in [-0.3, -0.25) is 4.99 Å². The molecule has 0 spiro atoms. The summed E-state index contributed by atoms with van der Waals surface area (Å²) in [5.74, 6) is 1.77. The molecule has 166 valence electrons. The zero-order chi connectivity index (χ0) is 21.8. The molecule has 1 fully saturated rings. The number of piperidine rings is 1. The number of aliphatic imine (C=N–C) groups is 1. The molecular formula is C25H28N4O2S. The molecule has 1 saturated heterocycles. The number of anilines is 2. The lowest BCUT2D eigenvalue weighted by atomic mass is 10.0. The van der Waals surface area contributed by atoms with Crippen molar-refractivity contribution in [3.8, 4) is 22.1 Å². The molecule has 5 rings (SSSR count). The van der Waals surface area contributed by atoms with E-state index in [0.29, 0.717) is 13.3 Å². The van der Waals surface area contributed by atoms with Gasteiger partial charge in [0.15, 0.2) is 0 Å². The summed E-state index contributed by atoms with van der Waals surface area (Å²) in [5.41, 5.74) is 4.26. The van der Waals surface area contributed by atoms with Gasteiger partial charge < -0.3 is 19.7 Å². The van der Waals surface area contributed by atoms with Crippen molar-refractivity contribution in [1.82, 2.24) is 10.3 Å². The number of fused-ring (bicyclic) bond motifs is 1. The molecule has 32 heavy (non-hydrogen) atoms. The van der Waals surface area contributed by atoms with Crippen LogP contribution in [-0.4, -0.2) is 43.7 Å². The van der Waals surface area contributed by atoms with E-state index in [4.69, 9.17) is 9.47 Å². The van der Waals surface area contributed by atoms with Crippen molar-refractivity contribution in [3.63, 3.8) is 0 Å². The fourth-order valence-electron chi connectivity index (χ4n) is 4.12. The highest BCUT2D eigenvalue weighted by Crippen LogP contribution is 2.41. The van der Waals surface area contributed by atoms with Crippen LogP contribution in [0.4, 0.5) is 11.4 Å². The highest BCUT2D eigenvalue weighted by atomic mass is 32.1. The first kappa shape index (κ1) is 21.0. The molecule has 1 aromatic heterocycles. The number of thiazole rings is 1. The number of hydrogen-bond donors (Lipinski definition) is 1. The van der Waals surface area contributed by atoms with Gasteiger partial charge in [0.05, 0.1) is 17.9 Å². The van der Waals surface area contributed by atoms with Crippen LogP contribution < -0.4 is 19.7 Å². The van der Waals surface area contributed by atoms with E-state index >= 15 is 0 Å². The maximum Gasteiger partial charge on any atom is 0.132 e. The molecule has 0 amide bonds. The minimum absolute atomic E-state index is 0.212. The largest absolute Gasteiger partial charge is 0.494 e. The Hall–Kier alpha value is -2.90. The SMILES string of the molecule is CCCOc1cccc(N2CN=Cc3cc(-c4nccs4)c(OC4CCNCC4)cc32)c1. The van der Waals surface area contributed by atoms with Crippen LogP contribution in [0.3, 0.4) is 0 Å². The van der Waals surface area contributed by atoms with E-state index in [-0.39, 0.29) is 6.10 Å². The molecular weight excluding hydrogens is 420 g/mol. The first-order chi connectivity index (χ1) is 15.8. The molecule has 0 saturated carbocycles. The van der Waals surface area contributed by atoms with E-state index in [1.165, 1.54) is 0 Å². The zero-order valence-electron chi connectivity index (χ0n) is 18.3. The Balaban J connectivity index is 1.53. The monoisotopic (exact) mass is 448 g/mol. The fraction of sp³-hybridized carbons (Fsp3) is 0.360. The maximum absolute atomic E-state index is 6.57. The van der Waals surface area contributed by atoms with Gasteiger partial charge in [-0.05, 0) is 50.6 Å². The van der Waals surface area contributed by atoms with Crippen molar-refractivity contribution in [3.05, 3.63) is 53.5 Å². The second kappa shape index (κ2) is 9.71. The van der Waals surface area contributed by atoms with Crippen molar-refractivity contribution in [2.75, 3.05) is 31.3 Å². The van der Waals surface area contributed by atoms with E-state index < -0.39 is 0 Å². The minimum Gasteiger partial charge on any atom is -0.494 e. The zero-order valence-corrected chi connectivity index (χ0v) is 19.1. The number of nitrogens with zero attached hydrogens (tertiary/aromatic N) is 3. The van der Waals surface area contributed by atoms with E-state index in [2.05, 4.69) is 51.4 Å². The number of nitrogens with one attached hydrogen (secondary N) is 1. The lowest BCUT2D eigenvalue weighted by molar-refractivity contribution is 0.163. The number of aromatic nitrogens is 1. The third-order valence-electron chi connectivity index (χ3n) is 5.72. The summed E-state index contributed by atoms with van der Waals surface area (Å²) >= 11 is 1.63. The van der Waals surface area contributed by atoms with Crippen molar-refractivity contribution >= 4 is 28.9 Å². The van der Waals surface area contributed by atoms with Crippen molar-refractivity contribution in [2.24, 2.45) is 4.99 Å². The second-order valence-corrected chi connectivity index (χ2v) is 8.93. The highest BCUT2D eigenvalue weighted by molar-refractivity contribution is 7.13. The Bertz CT molecular complexity index is 1080. The van der Waals surface area contributed by atoms with Crippen molar-refractivity contribution < 1.29 is 9.47 Å². The Morgan fingerprint density at radius 2 is 2.09 bits per heavy atom. The molecule has 6 nitrogen and oxygen atoms in total. The smallest absolute Gasteiger partial charge is 0.132 e. The molecule has 1 N–H and O–H groups in total. The van der Waals surface area contributed by atoms with Gasteiger partial charge in [0.1, 0.15) is 29.3 Å². The van der Waals surface area contributed by atoms with Gasteiger partial charge in [-0.25, -0.2) is 4.98 Å². The fourth-order valence-corrected chi connectivity index (χ4v) is 4.77. The molecule has 0 atom stereocenters. The van der Waals surface area contributed by atoms with Gasteiger partial charge in [-0.2, -0.15) is 0 Å². The number of rotatable bonds is 7. The normalized spacial score (nSPS) is 16.1. The molecule has 0 aliphatic carbocycles. The average molecular weight is 449 g/mol. The van der Waals surface area contributed by atoms with Crippen LogP contribution in [-0.2, 0) is 0 Å². The van der Waals surface area contributed by atoms with Crippen molar-refractivity contribution in [1.29, 1.82) is 0 Å². The van der Waals surface area contributed by atoms with E-state index in [9.17, 15) is 0 Å². The van der Waals surface area contributed by atoms with Crippen LogP contribution in [0.5, 0.6) is 11.5 Å². The van der Waals surface area contributed by atoms with Crippen LogP contribution >= 0.6 is 11.3 Å². The maximum atomic E-state index is 6.57. The molecule has 2 aliphatic heterocycles. The van der Waals surface area contributed by atoms with E-state index in [1.807, 2.05) is 29.9 Å². The van der Waals surface area contributed by atoms with Gasteiger partial charge in [0, 0.05) is 41.2 Å². The minimum atomic E-state index is 0.212. The third-order valence-corrected chi connectivity index (χ3v) is 6.52. The summed E-state index contributed by atoms with van der Waals surface area (Å²) in [6.45, 7) is 5.37. The molecule has 2 aliphatic rings. The van der Waals surface area contributed by atoms with Crippen LogP contribution in [0.15, 0.2) is 53.0 Å². The first-order valence-corrected chi connectivity index (χ1v) is 12.2. The predicted molar refractivity (Wildman–Crippen MR) is 131 cm³/mol. The molecule has 3 aromatic rings. The topological polar surface area (TPSA) is 59.0 Å². The summed E-state index contributed by atoms with van der Waals surface area (Å²) < 4.78 is 12.4. The van der Waals surface area contributed by atoms with E-state index in [1.54, 1.807) is 11.3 Å². The molecule has 0 bridgehead atoms. The van der Waals surface area contributed by atoms with Crippen LogP contribution in [0, 0.1) is 0 Å². The van der Waals surface area contributed by atoms with Gasteiger partial charge in [0.25, 0.3) is 0 Å². The highest BCUT2D eigenvalue weighted by Gasteiger charge is 2.23. The van der Waals surface area contributed by atoms with Crippen LogP contribution in [0.1, 0.15) is 31.7 Å². The molecule has 3 heterocycles. The lowest BCUT2D eigenvalue weighted by Gasteiger charge is -2.30. The number of hydrogen-bond acceptors (Lipinski definition) is 7. The summed E-state index contributed by atoms with van der Waals surface area (Å²) in [6.07, 6.45) is 7.01. The molecule has 7 heteroatoms. The van der Waals surface area contributed by atoms with Gasteiger partial charge in [-0.1, -0.05) is 13.0 Å². The van der Waals surface area contributed by atoms with Crippen LogP contribution in [0.25, 0.3) is 10.6 Å². The Labute approximate surface area is 192 Å². The summed E-state index contributed by atoms with van der Waals surface area (Å²) in [5, 5.41) is 6.39. The first-order valence-electron chi connectivity index (χ1n) is 11.3. The Kier molecular flexibility index (Phi) is 6.36. The number of benzene rings is 2. The summed E-state index contributed by atoms with van der Waals surface area (Å²) in [4.78, 5) is 11.4. The third kappa shape index (κ3) is 4.49. The van der Waals surface area contributed by atoms with Crippen molar-refractivity contribution in [2.45, 2.75) is 32.3 Å². The molecule has 0 radical (unpaired) electrons. The van der Waals surface area contributed by atoms with Gasteiger partial charge in [-0.15, -0.1) is 11.3 Å². The number of ether oxygens (including phenoxy) is 2. The quantitative estimate of drug-likeness (QED) is 0.534.